The molecule has 1 aliphatic rings. The van der Waals surface area contributed by atoms with E-state index in [1.807, 2.05) is 24.3 Å². The molecule has 35 heavy (non-hydrogen) atoms. The van der Waals surface area contributed by atoms with Gasteiger partial charge in [-0.25, -0.2) is 8.42 Å². The van der Waals surface area contributed by atoms with Gasteiger partial charge in [0.25, 0.3) is 0 Å². The fourth-order valence-electron chi connectivity index (χ4n) is 4.27. The van der Waals surface area contributed by atoms with Crippen molar-refractivity contribution in [2.24, 2.45) is 0 Å². The number of amides is 1. The van der Waals surface area contributed by atoms with Gasteiger partial charge in [0.05, 0.1) is 11.7 Å². The van der Waals surface area contributed by atoms with E-state index < -0.39 is 16.1 Å². The molecule has 3 aromatic carbocycles. The molecule has 0 unspecified atom stereocenters. The van der Waals surface area contributed by atoms with Gasteiger partial charge in [0, 0.05) is 32.7 Å². The zero-order valence-corrected chi connectivity index (χ0v) is 20.6. The van der Waals surface area contributed by atoms with Crippen molar-refractivity contribution in [1.82, 2.24) is 23.3 Å². The second-order valence-electron chi connectivity index (χ2n) is 8.44. The maximum absolute atomic E-state index is 13.6. The molecule has 5 rings (SSSR count). The van der Waals surface area contributed by atoms with Crippen LogP contribution in [-0.4, -0.2) is 59.1 Å². The number of piperazine rings is 1. The largest absolute Gasteiger partial charge is 0.338 e. The molecule has 1 aromatic heterocycles. The SMILES string of the molecule is O=C([C@H](NS(=O)(=O)c1cccc2nsnc12)c1ccccc1)N1CCN(Cc2ccccc2)CC1. The average molecular weight is 508 g/mol. The van der Waals surface area contributed by atoms with E-state index in [2.05, 4.69) is 30.5 Å². The standard InChI is InChI=1S/C25H25N5O3S2/c31-25(30-16-14-29(15-17-30)18-19-8-3-1-4-9-19)23(20-10-5-2-6-11-20)28-35(32,33)22-13-7-12-21-24(22)27-34-26-21/h1-13,23,28H,14-18H2/t23-/m1/s1. The lowest BCUT2D eigenvalue weighted by Gasteiger charge is -2.36. The molecular weight excluding hydrogens is 482 g/mol. The molecule has 8 nitrogen and oxygen atoms in total. The maximum Gasteiger partial charge on any atom is 0.245 e. The highest BCUT2D eigenvalue weighted by atomic mass is 32.2. The first-order valence-corrected chi connectivity index (χ1v) is 13.6. The number of hydrogen-bond acceptors (Lipinski definition) is 7. The summed E-state index contributed by atoms with van der Waals surface area (Å²) in [5.41, 5.74) is 2.64. The number of rotatable bonds is 7. The van der Waals surface area contributed by atoms with E-state index in [-0.39, 0.29) is 10.8 Å². The topological polar surface area (TPSA) is 95.5 Å². The summed E-state index contributed by atoms with van der Waals surface area (Å²) >= 11 is 0.956. The smallest absolute Gasteiger partial charge is 0.245 e. The zero-order chi connectivity index (χ0) is 24.3. The van der Waals surface area contributed by atoms with Crippen molar-refractivity contribution in [3.05, 3.63) is 90.0 Å². The summed E-state index contributed by atoms with van der Waals surface area (Å²) in [5, 5.41) is 0. The molecule has 1 atom stereocenters. The van der Waals surface area contributed by atoms with Gasteiger partial charge in [-0.05, 0) is 23.3 Å². The number of benzene rings is 3. The van der Waals surface area contributed by atoms with Crippen molar-refractivity contribution < 1.29 is 13.2 Å². The number of aromatic nitrogens is 2. The minimum absolute atomic E-state index is 0.0187. The maximum atomic E-state index is 13.6. The van der Waals surface area contributed by atoms with Gasteiger partial charge in [-0.3, -0.25) is 9.69 Å². The van der Waals surface area contributed by atoms with Crippen molar-refractivity contribution in [1.29, 1.82) is 0 Å². The lowest BCUT2D eigenvalue weighted by molar-refractivity contribution is -0.135. The van der Waals surface area contributed by atoms with Crippen LogP contribution < -0.4 is 4.72 Å². The Morgan fingerprint density at radius 1 is 0.886 bits per heavy atom. The highest BCUT2D eigenvalue weighted by molar-refractivity contribution is 7.89. The summed E-state index contributed by atoms with van der Waals surface area (Å²) in [6.45, 7) is 3.32. The van der Waals surface area contributed by atoms with Crippen molar-refractivity contribution in [2.45, 2.75) is 17.5 Å². The highest BCUT2D eigenvalue weighted by Crippen LogP contribution is 2.25. The Hall–Kier alpha value is -3.18. The zero-order valence-electron chi connectivity index (χ0n) is 18.9. The molecule has 1 saturated heterocycles. The number of fused-ring (bicyclic) bond motifs is 1. The van der Waals surface area contributed by atoms with Gasteiger partial charge in [-0.2, -0.15) is 13.5 Å². The van der Waals surface area contributed by atoms with E-state index in [4.69, 9.17) is 0 Å². The number of sulfonamides is 1. The van der Waals surface area contributed by atoms with Crippen LogP contribution in [0.2, 0.25) is 0 Å². The van der Waals surface area contributed by atoms with Crippen LogP contribution in [0.5, 0.6) is 0 Å². The second kappa shape index (κ2) is 10.2. The molecular formula is C25H25N5O3S2. The molecule has 1 amide bonds. The highest BCUT2D eigenvalue weighted by Gasteiger charge is 2.33. The van der Waals surface area contributed by atoms with E-state index in [1.54, 1.807) is 41.3 Å². The molecule has 1 fully saturated rings. The van der Waals surface area contributed by atoms with Crippen molar-refractivity contribution in [3.8, 4) is 0 Å². The molecule has 0 bridgehead atoms. The van der Waals surface area contributed by atoms with E-state index in [1.165, 1.54) is 11.6 Å². The van der Waals surface area contributed by atoms with E-state index in [9.17, 15) is 13.2 Å². The van der Waals surface area contributed by atoms with Gasteiger partial charge in [0.2, 0.25) is 15.9 Å². The molecule has 0 aliphatic carbocycles. The number of hydrogen-bond donors (Lipinski definition) is 1. The molecule has 180 valence electrons. The summed E-state index contributed by atoms with van der Waals surface area (Å²) in [7, 11) is -4.04. The molecule has 4 aromatic rings. The molecule has 10 heteroatoms. The minimum Gasteiger partial charge on any atom is -0.338 e. The first-order chi connectivity index (χ1) is 17.0. The van der Waals surface area contributed by atoms with Gasteiger partial charge in [0.15, 0.2) is 0 Å². The van der Waals surface area contributed by atoms with Crippen molar-refractivity contribution >= 4 is 38.7 Å². The van der Waals surface area contributed by atoms with Crippen LogP contribution in [0.4, 0.5) is 0 Å². The predicted octanol–water partition coefficient (Wildman–Crippen LogP) is 3.06. The average Bonchev–Trinajstić information content (AvgIpc) is 3.38. The number of nitrogens with zero attached hydrogens (tertiary/aromatic N) is 4. The number of nitrogens with one attached hydrogen (secondary N) is 1. The van der Waals surface area contributed by atoms with Crippen LogP contribution in [0.1, 0.15) is 17.2 Å². The molecule has 1 aliphatic heterocycles. The summed E-state index contributed by atoms with van der Waals surface area (Å²) in [5.74, 6) is -0.261. The monoisotopic (exact) mass is 507 g/mol. The Bertz CT molecular complexity index is 1400. The van der Waals surface area contributed by atoms with Crippen LogP contribution >= 0.6 is 11.7 Å². The van der Waals surface area contributed by atoms with Gasteiger partial charge in [-0.15, -0.1) is 0 Å². The Kier molecular flexibility index (Phi) is 6.87. The summed E-state index contributed by atoms with van der Waals surface area (Å²) in [4.78, 5) is 17.7. The Morgan fingerprint density at radius 2 is 1.57 bits per heavy atom. The molecule has 0 spiro atoms. The molecule has 1 N–H and O–H groups in total. The summed E-state index contributed by atoms with van der Waals surface area (Å²) in [6.07, 6.45) is 0. The minimum atomic E-state index is -4.04. The predicted molar refractivity (Wildman–Crippen MR) is 135 cm³/mol. The third-order valence-corrected chi connectivity index (χ3v) is 8.12. The van der Waals surface area contributed by atoms with Gasteiger partial charge in [0.1, 0.15) is 22.0 Å². The van der Waals surface area contributed by atoms with Gasteiger partial charge in [-0.1, -0.05) is 66.7 Å². The first-order valence-electron chi connectivity index (χ1n) is 11.3. The Balaban J connectivity index is 1.35. The summed E-state index contributed by atoms with van der Waals surface area (Å²) < 4.78 is 37.8. The van der Waals surface area contributed by atoms with Crippen LogP contribution in [-0.2, 0) is 21.4 Å². The quantitative estimate of drug-likeness (QED) is 0.413. The van der Waals surface area contributed by atoms with Gasteiger partial charge < -0.3 is 4.90 Å². The fourth-order valence-corrected chi connectivity index (χ4v) is 6.22. The molecule has 0 saturated carbocycles. The van der Waals surface area contributed by atoms with E-state index >= 15 is 0 Å². The van der Waals surface area contributed by atoms with Crippen LogP contribution in [0.3, 0.4) is 0 Å². The van der Waals surface area contributed by atoms with Crippen LogP contribution in [0.25, 0.3) is 11.0 Å². The van der Waals surface area contributed by atoms with E-state index in [0.717, 1.165) is 31.4 Å². The Morgan fingerprint density at radius 3 is 2.29 bits per heavy atom. The van der Waals surface area contributed by atoms with Crippen molar-refractivity contribution in [3.63, 3.8) is 0 Å². The lowest BCUT2D eigenvalue weighted by atomic mass is 10.1. The third-order valence-electron chi connectivity index (χ3n) is 6.12. The van der Waals surface area contributed by atoms with Crippen LogP contribution in [0, 0.1) is 0 Å². The Labute approximate surface area is 208 Å². The van der Waals surface area contributed by atoms with E-state index in [0.29, 0.717) is 29.7 Å². The fraction of sp³-hybridized carbons (Fsp3) is 0.240. The first kappa shape index (κ1) is 23.6. The van der Waals surface area contributed by atoms with Gasteiger partial charge >= 0.3 is 0 Å². The third kappa shape index (κ3) is 5.25. The number of carbonyl (C=O) groups excluding carboxylic acids is 1. The molecule has 2 heterocycles. The normalized spacial score (nSPS) is 15.8. The number of carbonyl (C=O) groups is 1. The van der Waals surface area contributed by atoms with Crippen LogP contribution in [0.15, 0.2) is 83.8 Å². The summed E-state index contributed by atoms with van der Waals surface area (Å²) in [6, 6.07) is 23.0. The lowest BCUT2D eigenvalue weighted by Crippen LogP contribution is -2.51. The van der Waals surface area contributed by atoms with Crippen molar-refractivity contribution in [2.75, 3.05) is 26.2 Å². The second-order valence-corrected chi connectivity index (χ2v) is 10.7. The molecule has 0 radical (unpaired) electrons.